The number of ether oxygens (including phenoxy) is 1. The zero-order valence-corrected chi connectivity index (χ0v) is 14.1. The molecule has 0 amide bonds. The molecule has 2 aromatic heterocycles. The smallest absolute Gasteiger partial charge is 0.271 e. The summed E-state index contributed by atoms with van der Waals surface area (Å²) in [5.74, 6) is 0.639. The third kappa shape index (κ3) is 3.47. The van der Waals surface area contributed by atoms with E-state index in [-0.39, 0.29) is 9.77 Å². The second-order valence-electron chi connectivity index (χ2n) is 4.76. The van der Waals surface area contributed by atoms with Crippen LogP contribution >= 0.6 is 11.3 Å². The minimum atomic E-state index is -3.70. The van der Waals surface area contributed by atoms with Crippen molar-refractivity contribution in [3.63, 3.8) is 0 Å². The Bertz CT molecular complexity index is 987. The van der Waals surface area contributed by atoms with Crippen LogP contribution in [0.5, 0.6) is 5.75 Å². The van der Waals surface area contributed by atoms with Gasteiger partial charge in [-0.3, -0.25) is 9.52 Å². The van der Waals surface area contributed by atoms with Crippen molar-refractivity contribution in [2.45, 2.75) is 4.21 Å². The molecule has 24 heavy (non-hydrogen) atoms. The number of aromatic amines is 1. The van der Waals surface area contributed by atoms with Crippen molar-refractivity contribution >= 4 is 27.0 Å². The van der Waals surface area contributed by atoms with Gasteiger partial charge >= 0.3 is 0 Å². The van der Waals surface area contributed by atoms with E-state index in [1.165, 1.54) is 25.3 Å². The van der Waals surface area contributed by atoms with Gasteiger partial charge in [0.05, 0.1) is 12.0 Å². The SMILES string of the molecule is COc1ccc(NS(=O)(=O)c2ccc(-c3ccc(=O)[nH]n3)s2)cc1. The number of aromatic nitrogens is 2. The summed E-state index contributed by atoms with van der Waals surface area (Å²) < 4.78 is 32.6. The summed E-state index contributed by atoms with van der Waals surface area (Å²) in [6.07, 6.45) is 0. The zero-order valence-electron chi connectivity index (χ0n) is 12.5. The van der Waals surface area contributed by atoms with E-state index in [2.05, 4.69) is 14.9 Å². The van der Waals surface area contributed by atoms with Crippen LogP contribution in [0, 0.1) is 0 Å². The molecule has 0 atom stereocenters. The van der Waals surface area contributed by atoms with Crippen molar-refractivity contribution < 1.29 is 13.2 Å². The number of H-pyrrole nitrogens is 1. The van der Waals surface area contributed by atoms with Gasteiger partial charge in [-0.25, -0.2) is 13.5 Å². The molecule has 0 saturated heterocycles. The predicted octanol–water partition coefficient (Wildman–Crippen LogP) is 2.31. The first-order valence-electron chi connectivity index (χ1n) is 6.81. The normalized spacial score (nSPS) is 11.2. The number of hydrogen-bond donors (Lipinski definition) is 2. The van der Waals surface area contributed by atoms with Gasteiger partial charge in [-0.2, -0.15) is 5.10 Å². The molecular formula is C15H13N3O4S2. The lowest BCUT2D eigenvalue weighted by Crippen LogP contribution is -2.11. The minimum absolute atomic E-state index is 0.154. The molecule has 0 unspecified atom stereocenters. The summed E-state index contributed by atoms with van der Waals surface area (Å²) in [5.41, 5.74) is 0.628. The van der Waals surface area contributed by atoms with Crippen LogP contribution in [0.2, 0.25) is 0 Å². The first kappa shape index (κ1) is 16.2. The Morgan fingerprint density at radius 2 is 1.83 bits per heavy atom. The molecule has 9 heteroatoms. The maximum atomic E-state index is 12.4. The molecule has 0 fully saturated rings. The number of nitrogens with one attached hydrogen (secondary N) is 2. The van der Waals surface area contributed by atoms with Gasteiger partial charge in [-0.05, 0) is 42.5 Å². The Morgan fingerprint density at radius 3 is 2.46 bits per heavy atom. The molecule has 0 aliphatic rings. The topological polar surface area (TPSA) is 101 Å². The van der Waals surface area contributed by atoms with Crippen LogP contribution in [0.4, 0.5) is 5.69 Å². The van der Waals surface area contributed by atoms with E-state index in [4.69, 9.17) is 4.74 Å². The van der Waals surface area contributed by atoms with E-state index in [9.17, 15) is 13.2 Å². The number of hydrogen-bond acceptors (Lipinski definition) is 6. The van der Waals surface area contributed by atoms with Crippen molar-refractivity contribution in [3.05, 3.63) is 58.9 Å². The fraction of sp³-hybridized carbons (Fsp3) is 0.0667. The van der Waals surface area contributed by atoms with Gasteiger partial charge in [-0.15, -0.1) is 11.3 Å². The van der Waals surface area contributed by atoms with Crippen LogP contribution < -0.4 is 15.0 Å². The zero-order chi connectivity index (χ0) is 17.2. The van der Waals surface area contributed by atoms with Crippen LogP contribution in [0.3, 0.4) is 0 Å². The van der Waals surface area contributed by atoms with Crippen molar-refractivity contribution in [2.75, 3.05) is 11.8 Å². The lowest BCUT2D eigenvalue weighted by molar-refractivity contribution is 0.415. The van der Waals surface area contributed by atoms with E-state index in [0.29, 0.717) is 22.0 Å². The second kappa shape index (κ2) is 6.46. The van der Waals surface area contributed by atoms with Gasteiger partial charge in [0.1, 0.15) is 15.7 Å². The maximum Gasteiger partial charge on any atom is 0.271 e. The standard InChI is InChI=1S/C15H13N3O4S2/c1-22-11-4-2-10(3-5-11)18-24(20,21)15-9-7-13(23-15)12-6-8-14(19)17-16-12/h2-9,18H,1H3,(H,17,19). The van der Waals surface area contributed by atoms with E-state index in [1.54, 1.807) is 30.3 Å². The molecule has 0 aliphatic heterocycles. The van der Waals surface area contributed by atoms with E-state index in [0.717, 1.165) is 11.3 Å². The number of nitrogens with zero attached hydrogens (tertiary/aromatic N) is 1. The number of benzene rings is 1. The summed E-state index contributed by atoms with van der Waals surface area (Å²) in [5, 5.41) is 6.21. The summed E-state index contributed by atoms with van der Waals surface area (Å²) in [6.45, 7) is 0. The summed E-state index contributed by atoms with van der Waals surface area (Å²) in [7, 11) is -2.16. The first-order valence-corrected chi connectivity index (χ1v) is 9.11. The molecule has 0 bridgehead atoms. The Kier molecular flexibility index (Phi) is 4.36. The van der Waals surface area contributed by atoms with Gasteiger partial charge in [0.2, 0.25) is 0 Å². The van der Waals surface area contributed by atoms with Gasteiger partial charge in [0.25, 0.3) is 15.6 Å². The van der Waals surface area contributed by atoms with Crippen molar-refractivity contribution in [3.8, 4) is 16.3 Å². The molecular weight excluding hydrogens is 350 g/mol. The third-order valence-electron chi connectivity index (χ3n) is 3.12. The Labute approximate surface area is 142 Å². The molecule has 124 valence electrons. The van der Waals surface area contributed by atoms with Crippen LogP contribution in [0.15, 0.2) is 57.5 Å². The third-order valence-corrected chi connectivity index (χ3v) is 6.10. The quantitative estimate of drug-likeness (QED) is 0.724. The van der Waals surface area contributed by atoms with Crippen molar-refractivity contribution in [1.29, 1.82) is 0 Å². The van der Waals surface area contributed by atoms with Gasteiger partial charge in [0.15, 0.2) is 0 Å². The summed E-state index contributed by atoms with van der Waals surface area (Å²) >= 11 is 1.07. The molecule has 2 heterocycles. The first-order chi connectivity index (χ1) is 11.5. The van der Waals surface area contributed by atoms with Gasteiger partial charge in [0, 0.05) is 11.8 Å². The molecule has 3 rings (SSSR count). The molecule has 0 radical (unpaired) electrons. The fourth-order valence-corrected chi connectivity index (χ4v) is 4.28. The predicted molar refractivity (Wildman–Crippen MR) is 92.0 cm³/mol. The highest BCUT2D eigenvalue weighted by Crippen LogP contribution is 2.30. The molecule has 7 nitrogen and oxygen atoms in total. The number of rotatable bonds is 5. The van der Waals surface area contributed by atoms with E-state index >= 15 is 0 Å². The summed E-state index contributed by atoms with van der Waals surface area (Å²) in [4.78, 5) is 11.7. The van der Waals surface area contributed by atoms with Crippen LogP contribution in [-0.2, 0) is 10.0 Å². The lowest BCUT2D eigenvalue weighted by Gasteiger charge is -2.07. The molecule has 0 aliphatic carbocycles. The van der Waals surface area contributed by atoms with Crippen LogP contribution in [-0.4, -0.2) is 25.7 Å². The summed E-state index contributed by atoms with van der Waals surface area (Å²) in [6, 6.07) is 12.6. The molecule has 0 spiro atoms. The van der Waals surface area contributed by atoms with E-state index < -0.39 is 10.0 Å². The minimum Gasteiger partial charge on any atom is -0.497 e. The largest absolute Gasteiger partial charge is 0.497 e. The van der Waals surface area contributed by atoms with E-state index in [1.807, 2.05) is 0 Å². The number of methoxy groups -OCH3 is 1. The Hall–Kier alpha value is -2.65. The molecule has 3 aromatic rings. The highest BCUT2D eigenvalue weighted by atomic mass is 32.2. The van der Waals surface area contributed by atoms with Crippen molar-refractivity contribution in [2.24, 2.45) is 0 Å². The molecule has 2 N–H and O–H groups in total. The van der Waals surface area contributed by atoms with Gasteiger partial charge < -0.3 is 4.74 Å². The lowest BCUT2D eigenvalue weighted by atomic mass is 10.3. The number of anilines is 1. The Balaban J connectivity index is 1.84. The Morgan fingerprint density at radius 1 is 1.08 bits per heavy atom. The highest BCUT2D eigenvalue weighted by molar-refractivity contribution is 7.94. The van der Waals surface area contributed by atoms with Crippen molar-refractivity contribution in [1.82, 2.24) is 10.2 Å². The second-order valence-corrected chi connectivity index (χ2v) is 7.75. The maximum absolute atomic E-state index is 12.4. The molecule has 0 saturated carbocycles. The fourth-order valence-electron chi connectivity index (χ4n) is 1.95. The highest BCUT2D eigenvalue weighted by Gasteiger charge is 2.18. The average molecular weight is 363 g/mol. The monoisotopic (exact) mass is 363 g/mol. The number of sulfonamides is 1. The molecule has 1 aromatic carbocycles. The van der Waals surface area contributed by atoms with Crippen LogP contribution in [0.25, 0.3) is 10.6 Å². The average Bonchev–Trinajstić information content (AvgIpc) is 3.07. The number of thiophene rings is 1. The van der Waals surface area contributed by atoms with Gasteiger partial charge in [-0.1, -0.05) is 0 Å². The van der Waals surface area contributed by atoms with Crippen LogP contribution in [0.1, 0.15) is 0 Å².